The standard InChI is InChI=1S/C29H35N3O6S/c1-6-7-14-38-25-10-8-23(9-11-25)19-30-31-29(33)20-32(24-16-21(2)15-22(3)17-24)39(34,35)26-12-13-27(36-4)28(18-26)37-5/h8-13,15-19H,6-7,14,20H2,1-5H3,(H,31,33)/b30-19-. The van der Waals surface area contributed by atoms with Crippen molar-refractivity contribution in [2.75, 3.05) is 31.7 Å². The molecule has 0 bridgehead atoms. The normalized spacial score (nSPS) is 11.3. The summed E-state index contributed by atoms with van der Waals surface area (Å²) in [7, 11) is -1.27. The summed E-state index contributed by atoms with van der Waals surface area (Å²) in [5.74, 6) is 0.805. The monoisotopic (exact) mass is 553 g/mol. The molecule has 0 saturated heterocycles. The Morgan fingerprint density at radius 2 is 1.62 bits per heavy atom. The summed E-state index contributed by atoms with van der Waals surface area (Å²) in [5.41, 5.74) is 5.26. The second-order valence-electron chi connectivity index (χ2n) is 8.94. The predicted molar refractivity (Wildman–Crippen MR) is 153 cm³/mol. The Morgan fingerprint density at radius 3 is 2.23 bits per heavy atom. The molecule has 0 aromatic heterocycles. The number of benzene rings is 3. The second kappa shape index (κ2) is 13.7. The maximum absolute atomic E-state index is 13.8. The summed E-state index contributed by atoms with van der Waals surface area (Å²) in [5, 5.41) is 4.01. The Balaban J connectivity index is 1.81. The largest absolute Gasteiger partial charge is 0.494 e. The summed E-state index contributed by atoms with van der Waals surface area (Å²) in [6.45, 7) is 6.00. The van der Waals surface area contributed by atoms with Crippen LogP contribution in [0.15, 0.2) is 70.7 Å². The highest BCUT2D eigenvalue weighted by Gasteiger charge is 2.28. The van der Waals surface area contributed by atoms with Crippen LogP contribution < -0.4 is 23.9 Å². The quantitative estimate of drug-likeness (QED) is 0.184. The molecule has 1 amide bonds. The van der Waals surface area contributed by atoms with Gasteiger partial charge in [-0.25, -0.2) is 13.8 Å². The zero-order valence-electron chi connectivity index (χ0n) is 22.9. The Bertz CT molecular complexity index is 1380. The minimum Gasteiger partial charge on any atom is -0.494 e. The number of sulfonamides is 1. The number of aryl methyl sites for hydroxylation is 2. The fourth-order valence-corrected chi connectivity index (χ4v) is 5.26. The molecular weight excluding hydrogens is 518 g/mol. The van der Waals surface area contributed by atoms with Crippen molar-refractivity contribution >= 4 is 27.8 Å². The van der Waals surface area contributed by atoms with Gasteiger partial charge in [-0.15, -0.1) is 0 Å². The Labute approximate surface area is 230 Å². The van der Waals surface area contributed by atoms with Crippen LogP contribution >= 0.6 is 0 Å². The lowest BCUT2D eigenvalue weighted by molar-refractivity contribution is -0.119. The first-order valence-corrected chi connectivity index (χ1v) is 14.0. The van der Waals surface area contributed by atoms with E-state index in [0.717, 1.165) is 39.6 Å². The number of anilines is 1. The number of hydrazone groups is 1. The van der Waals surface area contributed by atoms with Crippen LogP contribution in [0.3, 0.4) is 0 Å². The van der Waals surface area contributed by atoms with E-state index in [0.29, 0.717) is 18.0 Å². The molecule has 0 fully saturated rings. The van der Waals surface area contributed by atoms with Gasteiger partial charge in [0.05, 0.1) is 37.6 Å². The number of carbonyl (C=O) groups excluding carboxylic acids is 1. The third kappa shape index (κ3) is 7.97. The molecule has 3 rings (SSSR count). The topological polar surface area (TPSA) is 107 Å². The molecular formula is C29H35N3O6S. The van der Waals surface area contributed by atoms with E-state index >= 15 is 0 Å². The van der Waals surface area contributed by atoms with Crippen LogP contribution in [0.4, 0.5) is 5.69 Å². The number of nitrogens with one attached hydrogen (secondary N) is 1. The van der Waals surface area contributed by atoms with Crippen molar-refractivity contribution in [2.45, 2.75) is 38.5 Å². The molecule has 0 aliphatic heterocycles. The van der Waals surface area contributed by atoms with Gasteiger partial charge in [-0.2, -0.15) is 5.10 Å². The van der Waals surface area contributed by atoms with Gasteiger partial charge in [-0.3, -0.25) is 9.10 Å². The van der Waals surface area contributed by atoms with Crippen LogP contribution in [0.25, 0.3) is 0 Å². The van der Waals surface area contributed by atoms with Gasteiger partial charge in [0, 0.05) is 6.07 Å². The average molecular weight is 554 g/mol. The third-order valence-corrected chi connectivity index (χ3v) is 7.54. The molecule has 39 heavy (non-hydrogen) atoms. The van der Waals surface area contributed by atoms with Crippen molar-refractivity contribution < 1.29 is 27.4 Å². The van der Waals surface area contributed by atoms with E-state index in [1.165, 1.54) is 38.6 Å². The lowest BCUT2D eigenvalue weighted by atomic mass is 10.1. The minimum atomic E-state index is -4.16. The van der Waals surface area contributed by atoms with Crippen molar-refractivity contribution in [3.8, 4) is 17.2 Å². The summed E-state index contributed by atoms with van der Waals surface area (Å²) in [6.07, 6.45) is 3.52. The first kappa shape index (κ1) is 29.5. The highest BCUT2D eigenvalue weighted by Crippen LogP contribution is 2.32. The molecule has 0 atom stereocenters. The molecule has 0 spiro atoms. The molecule has 1 N–H and O–H groups in total. The van der Waals surface area contributed by atoms with Gasteiger partial charge in [-0.05, 0) is 85.5 Å². The molecule has 3 aromatic carbocycles. The van der Waals surface area contributed by atoms with Gasteiger partial charge in [0.25, 0.3) is 15.9 Å². The lowest BCUT2D eigenvalue weighted by Gasteiger charge is -2.25. The number of amides is 1. The predicted octanol–water partition coefficient (Wildman–Crippen LogP) is 4.85. The summed E-state index contributed by atoms with van der Waals surface area (Å²) < 4.78 is 44.8. The SMILES string of the molecule is CCCCOc1ccc(/C=N\NC(=O)CN(c2cc(C)cc(C)c2)S(=O)(=O)c2ccc(OC)c(OC)c2)cc1. The van der Waals surface area contributed by atoms with Crippen molar-refractivity contribution in [3.63, 3.8) is 0 Å². The number of hydrogen-bond donors (Lipinski definition) is 1. The summed E-state index contributed by atoms with van der Waals surface area (Å²) in [6, 6.07) is 16.9. The number of carbonyl (C=O) groups is 1. The lowest BCUT2D eigenvalue weighted by Crippen LogP contribution is -2.39. The van der Waals surface area contributed by atoms with E-state index in [-0.39, 0.29) is 10.6 Å². The highest BCUT2D eigenvalue weighted by molar-refractivity contribution is 7.92. The van der Waals surface area contributed by atoms with Gasteiger partial charge in [0.2, 0.25) is 0 Å². The Kier molecular flexibility index (Phi) is 10.3. The molecule has 0 unspecified atom stereocenters. The summed E-state index contributed by atoms with van der Waals surface area (Å²) in [4.78, 5) is 12.8. The van der Waals surface area contributed by atoms with Gasteiger partial charge in [0.15, 0.2) is 11.5 Å². The Morgan fingerprint density at radius 1 is 0.949 bits per heavy atom. The van der Waals surface area contributed by atoms with Gasteiger partial charge in [-0.1, -0.05) is 19.4 Å². The molecule has 0 heterocycles. The van der Waals surface area contributed by atoms with Crippen LogP contribution in [0.5, 0.6) is 17.2 Å². The van der Waals surface area contributed by atoms with Crippen LogP contribution in [-0.2, 0) is 14.8 Å². The fraction of sp³-hybridized carbons (Fsp3) is 0.310. The van der Waals surface area contributed by atoms with Crippen molar-refractivity contribution in [1.29, 1.82) is 0 Å². The maximum Gasteiger partial charge on any atom is 0.264 e. The van der Waals surface area contributed by atoms with E-state index in [4.69, 9.17) is 14.2 Å². The van der Waals surface area contributed by atoms with Crippen molar-refractivity contribution in [1.82, 2.24) is 5.43 Å². The molecule has 10 heteroatoms. The number of ether oxygens (including phenoxy) is 3. The van der Waals surface area contributed by atoms with E-state index < -0.39 is 22.5 Å². The van der Waals surface area contributed by atoms with Gasteiger partial charge in [0.1, 0.15) is 12.3 Å². The number of hydrogen-bond acceptors (Lipinski definition) is 7. The molecule has 0 aliphatic rings. The molecule has 9 nitrogen and oxygen atoms in total. The first-order valence-electron chi connectivity index (χ1n) is 12.6. The van der Waals surface area contributed by atoms with Crippen molar-refractivity contribution in [2.24, 2.45) is 5.10 Å². The summed E-state index contributed by atoms with van der Waals surface area (Å²) >= 11 is 0. The van der Waals surface area contributed by atoms with E-state index in [1.807, 2.05) is 44.2 Å². The fourth-order valence-electron chi connectivity index (χ4n) is 3.84. The van der Waals surface area contributed by atoms with E-state index in [2.05, 4.69) is 17.5 Å². The zero-order valence-corrected chi connectivity index (χ0v) is 23.7. The first-order chi connectivity index (χ1) is 18.7. The van der Waals surface area contributed by atoms with Crippen molar-refractivity contribution in [3.05, 3.63) is 77.4 Å². The number of methoxy groups -OCH3 is 2. The smallest absolute Gasteiger partial charge is 0.264 e. The van der Waals surface area contributed by atoms with Gasteiger partial charge < -0.3 is 14.2 Å². The van der Waals surface area contributed by atoms with Crippen LogP contribution in [0.1, 0.15) is 36.5 Å². The Hall–Kier alpha value is -4.05. The van der Waals surface area contributed by atoms with Crippen LogP contribution in [0, 0.1) is 13.8 Å². The number of nitrogens with zero attached hydrogens (tertiary/aromatic N) is 2. The third-order valence-electron chi connectivity index (χ3n) is 5.77. The van der Waals surface area contributed by atoms with E-state index in [9.17, 15) is 13.2 Å². The highest BCUT2D eigenvalue weighted by atomic mass is 32.2. The zero-order chi connectivity index (χ0) is 28.4. The molecule has 0 radical (unpaired) electrons. The molecule has 0 saturated carbocycles. The number of rotatable bonds is 13. The average Bonchev–Trinajstić information content (AvgIpc) is 2.91. The molecule has 3 aromatic rings. The maximum atomic E-state index is 13.8. The minimum absolute atomic E-state index is 0.0446. The van der Waals surface area contributed by atoms with Crippen LogP contribution in [-0.4, -0.2) is 47.9 Å². The number of unbranched alkanes of at least 4 members (excludes halogenated alkanes) is 1. The van der Waals surface area contributed by atoms with Gasteiger partial charge >= 0.3 is 0 Å². The van der Waals surface area contributed by atoms with Crippen LogP contribution in [0.2, 0.25) is 0 Å². The molecule has 208 valence electrons. The second-order valence-corrected chi connectivity index (χ2v) is 10.8. The van der Waals surface area contributed by atoms with E-state index in [1.54, 1.807) is 12.1 Å². The molecule has 0 aliphatic carbocycles.